The lowest BCUT2D eigenvalue weighted by molar-refractivity contribution is 1.18. The molecule has 1 heterocycles. The maximum absolute atomic E-state index is 2.47. The zero-order chi connectivity index (χ0) is 40.0. The Hall–Kier alpha value is -8.00. The largest absolute Gasteiger partial charge is 0.309 e. The second kappa shape index (κ2) is 13.3. The van der Waals surface area contributed by atoms with Gasteiger partial charge in [0.2, 0.25) is 0 Å². The summed E-state index contributed by atoms with van der Waals surface area (Å²) in [5.41, 5.74) is 18.3. The fourth-order valence-electron chi connectivity index (χ4n) is 10.5. The van der Waals surface area contributed by atoms with Gasteiger partial charge in [-0.05, 0) is 135 Å². The topological polar surface area (TPSA) is 4.93 Å². The summed E-state index contributed by atoms with van der Waals surface area (Å²) < 4.78 is 2.47. The lowest BCUT2D eigenvalue weighted by Gasteiger charge is -2.25. The third kappa shape index (κ3) is 5.08. The van der Waals surface area contributed by atoms with Gasteiger partial charge in [0, 0.05) is 16.5 Å². The standard InChI is InChI=1S/C60H37N/c1-3-18-45-43(16-1)46-19-5-7-22-50(46)56-29-15-28-42(60(56)55-27-10-9-23-49(45)55)40-34-39(35-41(36-40)61-58-30-13-11-25-53(58)54-26-12-14-31-59(54)61)38-32-33-52-48-21-4-2-17-44(48)47-20-6-8-24-51(47)57(52)37-38/h1-37H. The summed E-state index contributed by atoms with van der Waals surface area (Å²) in [5.74, 6) is 0. The Morgan fingerprint density at radius 2 is 0.607 bits per heavy atom. The van der Waals surface area contributed by atoms with Crippen molar-refractivity contribution in [3.05, 3.63) is 224 Å². The first-order valence-corrected chi connectivity index (χ1v) is 21.2. The van der Waals surface area contributed by atoms with Gasteiger partial charge in [-0.1, -0.05) is 188 Å². The van der Waals surface area contributed by atoms with E-state index in [1.54, 1.807) is 0 Å². The molecule has 0 saturated heterocycles. The van der Waals surface area contributed by atoms with Crippen LogP contribution in [0.2, 0.25) is 0 Å². The van der Waals surface area contributed by atoms with Crippen LogP contribution in [0.15, 0.2) is 224 Å². The van der Waals surface area contributed by atoms with E-state index in [-0.39, 0.29) is 0 Å². The van der Waals surface area contributed by atoms with Crippen LogP contribution < -0.4 is 0 Å². The van der Waals surface area contributed by atoms with Crippen molar-refractivity contribution in [3.63, 3.8) is 0 Å². The van der Waals surface area contributed by atoms with Crippen LogP contribution in [0.3, 0.4) is 0 Å². The first-order chi connectivity index (χ1) is 30.3. The molecule has 1 aliphatic carbocycles. The van der Waals surface area contributed by atoms with E-state index in [2.05, 4.69) is 229 Å². The maximum Gasteiger partial charge on any atom is 0.0541 e. The number of para-hydroxylation sites is 2. The first kappa shape index (κ1) is 33.9. The monoisotopic (exact) mass is 771 g/mol. The van der Waals surface area contributed by atoms with E-state index in [0.717, 1.165) is 5.69 Å². The normalized spacial score (nSPS) is 11.9. The SMILES string of the molecule is c1ccc2c(c1)-c1ccccc1-c1cccc(-c3cc(-c4ccc5c6ccccc6c6ccccc6c5c4)cc(-n4c5ccccc5c5ccccc54)c3)c1-c1ccccc1-2. The second-order valence-corrected chi connectivity index (χ2v) is 16.4. The van der Waals surface area contributed by atoms with E-state index < -0.39 is 0 Å². The summed E-state index contributed by atoms with van der Waals surface area (Å²) in [7, 11) is 0. The molecule has 0 radical (unpaired) electrons. The van der Waals surface area contributed by atoms with Crippen molar-refractivity contribution in [2.24, 2.45) is 0 Å². The smallest absolute Gasteiger partial charge is 0.0541 e. The summed E-state index contributed by atoms with van der Waals surface area (Å²) in [4.78, 5) is 0. The van der Waals surface area contributed by atoms with Gasteiger partial charge in [-0.3, -0.25) is 0 Å². The average Bonchev–Trinajstić information content (AvgIpc) is 3.67. The minimum absolute atomic E-state index is 1.14. The number of nitrogens with zero attached hydrogens (tertiary/aromatic N) is 1. The van der Waals surface area contributed by atoms with Crippen molar-refractivity contribution in [1.29, 1.82) is 0 Å². The molecule has 0 unspecified atom stereocenters. The summed E-state index contributed by atoms with van der Waals surface area (Å²) in [6.07, 6.45) is 0. The van der Waals surface area contributed by atoms with E-state index in [0.29, 0.717) is 0 Å². The molecule has 0 fully saturated rings. The van der Waals surface area contributed by atoms with Crippen LogP contribution >= 0.6 is 0 Å². The van der Waals surface area contributed by atoms with Gasteiger partial charge >= 0.3 is 0 Å². The molecule has 0 saturated carbocycles. The van der Waals surface area contributed by atoms with Crippen molar-refractivity contribution in [3.8, 4) is 72.4 Å². The molecule has 0 bridgehead atoms. The molecule has 1 nitrogen and oxygen atoms in total. The van der Waals surface area contributed by atoms with Gasteiger partial charge in [0.05, 0.1) is 11.0 Å². The molecule has 11 aromatic carbocycles. The molecule has 12 aromatic rings. The molecule has 13 rings (SSSR count). The molecule has 0 spiro atoms. The number of hydrogen-bond acceptors (Lipinski definition) is 0. The lowest BCUT2D eigenvalue weighted by Crippen LogP contribution is -2.00. The Labute approximate surface area is 354 Å². The lowest BCUT2D eigenvalue weighted by atomic mass is 9.78. The molecular weight excluding hydrogens is 735 g/mol. The quantitative estimate of drug-likeness (QED) is 0.158. The van der Waals surface area contributed by atoms with Gasteiger partial charge in [0.15, 0.2) is 0 Å². The third-order valence-electron chi connectivity index (χ3n) is 13.1. The summed E-state index contributed by atoms with van der Waals surface area (Å²) >= 11 is 0. The minimum Gasteiger partial charge on any atom is -0.309 e. The Morgan fingerprint density at radius 1 is 0.213 bits per heavy atom. The van der Waals surface area contributed by atoms with Crippen LogP contribution in [0.5, 0.6) is 0 Å². The molecule has 1 heteroatoms. The third-order valence-corrected chi connectivity index (χ3v) is 13.1. The maximum atomic E-state index is 2.47. The highest BCUT2D eigenvalue weighted by atomic mass is 15.0. The molecule has 1 aliphatic rings. The number of rotatable bonds is 3. The van der Waals surface area contributed by atoms with Gasteiger partial charge in [-0.15, -0.1) is 0 Å². The Kier molecular flexibility index (Phi) is 7.37. The van der Waals surface area contributed by atoms with Gasteiger partial charge in [0.1, 0.15) is 0 Å². The zero-order valence-electron chi connectivity index (χ0n) is 33.3. The Balaban J connectivity index is 1.14. The van der Waals surface area contributed by atoms with E-state index in [1.807, 2.05) is 0 Å². The first-order valence-electron chi connectivity index (χ1n) is 21.2. The number of benzene rings is 11. The van der Waals surface area contributed by atoms with Crippen molar-refractivity contribution in [2.75, 3.05) is 0 Å². The van der Waals surface area contributed by atoms with Crippen LogP contribution in [0.4, 0.5) is 0 Å². The fourth-order valence-corrected chi connectivity index (χ4v) is 10.5. The van der Waals surface area contributed by atoms with Crippen LogP contribution in [-0.2, 0) is 0 Å². The highest BCUT2D eigenvalue weighted by Crippen LogP contribution is 2.51. The molecule has 0 atom stereocenters. The highest BCUT2D eigenvalue weighted by molar-refractivity contribution is 6.26. The molecule has 0 amide bonds. The molecule has 1 aromatic heterocycles. The van der Waals surface area contributed by atoms with E-state index in [4.69, 9.17) is 0 Å². The molecule has 0 N–H and O–H groups in total. The number of fused-ring (bicyclic) bond motifs is 17. The molecule has 0 aliphatic heterocycles. The van der Waals surface area contributed by atoms with E-state index >= 15 is 0 Å². The van der Waals surface area contributed by atoms with Gasteiger partial charge in [-0.25, -0.2) is 0 Å². The van der Waals surface area contributed by atoms with Gasteiger partial charge in [-0.2, -0.15) is 0 Å². The van der Waals surface area contributed by atoms with Crippen LogP contribution in [0.25, 0.3) is 127 Å². The van der Waals surface area contributed by atoms with Crippen molar-refractivity contribution in [1.82, 2.24) is 4.57 Å². The van der Waals surface area contributed by atoms with E-state index in [9.17, 15) is 0 Å². The second-order valence-electron chi connectivity index (χ2n) is 16.4. The van der Waals surface area contributed by atoms with Crippen molar-refractivity contribution < 1.29 is 0 Å². The molecular formula is C60H37N. The van der Waals surface area contributed by atoms with Crippen LogP contribution in [-0.4, -0.2) is 4.57 Å². The average molecular weight is 772 g/mol. The van der Waals surface area contributed by atoms with Gasteiger partial charge < -0.3 is 4.57 Å². The van der Waals surface area contributed by atoms with Crippen LogP contribution in [0.1, 0.15) is 0 Å². The number of aromatic nitrogens is 1. The minimum atomic E-state index is 1.14. The predicted octanol–water partition coefficient (Wildman–Crippen LogP) is 16.6. The summed E-state index contributed by atoms with van der Waals surface area (Å²) in [5, 5.41) is 10.2. The van der Waals surface area contributed by atoms with E-state index in [1.165, 1.54) is 121 Å². The summed E-state index contributed by atoms with van der Waals surface area (Å²) in [6, 6.07) is 83.4. The van der Waals surface area contributed by atoms with Crippen molar-refractivity contribution in [2.45, 2.75) is 0 Å². The Morgan fingerprint density at radius 3 is 1.18 bits per heavy atom. The van der Waals surface area contributed by atoms with Crippen LogP contribution in [0, 0.1) is 0 Å². The Bertz CT molecular complexity index is 3670. The van der Waals surface area contributed by atoms with Crippen molar-refractivity contribution >= 4 is 54.1 Å². The fraction of sp³-hybridized carbons (Fsp3) is 0. The van der Waals surface area contributed by atoms with Gasteiger partial charge in [0.25, 0.3) is 0 Å². The predicted molar refractivity (Wildman–Crippen MR) is 259 cm³/mol. The molecule has 282 valence electrons. The highest BCUT2D eigenvalue weighted by Gasteiger charge is 2.25. The molecule has 61 heavy (non-hydrogen) atoms. The zero-order valence-corrected chi connectivity index (χ0v) is 33.3. The number of hydrogen-bond donors (Lipinski definition) is 0. The summed E-state index contributed by atoms with van der Waals surface area (Å²) in [6.45, 7) is 0.